The van der Waals surface area contributed by atoms with Crippen molar-refractivity contribution in [2.75, 3.05) is 5.75 Å². The minimum atomic E-state index is 0.0248. The van der Waals surface area contributed by atoms with Gasteiger partial charge in [0.25, 0.3) is 5.22 Å². The second-order valence-corrected chi connectivity index (χ2v) is 7.00. The third-order valence-corrected chi connectivity index (χ3v) is 5.01. The number of benzene rings is 1. The van der Waals surface area contributed by atoms with E-state index in [1.54, 1.807) is 0 Å². The van der Waals surface area contributed by atoms with E-state index < -0.39 is 0 Å². The second kappa shape index (κ2) is 6.49. The van der Waals surface area contributed by atoms with E-state index >= 15 is 0 Å². The first kappa shape index (κ1) is 16.7. The molecule has 0 aliphatic rings. The normalized spacial score (nSPS) is 11.3. The number of carbonyl (C=O) groups excluding carboxylic acids is 1. The lowest BCUT2D eigenvalue weighted by Gasteiger charge is -2.04. The fourth-order valence-corrected chi connectivity index (χ4v) is 3.70. The molecule has 0 aliphatic heterocycles. The topological polar surface area (TPSA) is 74.1 Å². The molecule has 7 heteroatoms. The monoisotopic (exact) mass is 367 g/mol. The van der Waals surface area contributed by atoms with E-state index in [0.717, 1.165) is 28.2 Å². The number of para-hydroxylation sites is 2. The van der Waals surface area contributed by atoms with E-state index in [2.05, 4.69) is 10.1 Å². The van der Waals surface area contributed by atoms with E-state index in [1.807, 2.05) is 61.7 Å². The number of rotatable bonds is 5. The average Bonchev–Trinajstić information content (AvgIpc) is 3.30. The fourth-order valence-electron chi connectivity index (χ4n) is 2.97. The Kier molecular flexibility index (Phi) is 4.16. The van der Waals surface area contributed by atoms with E-state index in [0.29, 0.717) is 16.6 Å². The van der Waals surface area contributed by atoms with Crippen LogP contribution in [-0.2, 0) is 0 Å². The summed E-state index contributed by atoms with van der Waals surface area (Å²) in [5.41, 5.74) is 3.97. The van der Waals surface area contributed by atoms with Gasteiger partial charge in [0.15, 0.2) is 17.2 Å². The number of oxazole rings is 1. The van der Waals surface area contributed by atoms with Crippen LogP contribution in [0.5, 0.6) is 0 Å². The maximum atomic E-state index is 12.7. The second-order valence-electron chi connectivity index (χ2n) is 6.08. The van der Waals surface area contributed by atoms with Crippen molar-refractivity contribution in [3.63, 3.8) is 0 Å². The summed E-state index contributed by atoms with van der Waals surface area (Å²) in [5, 5.41) is 4.55. The molecule has 1 aromatic carbocycles. The van der Waals surface area contributed by atoms with Crippen LogP contribution < -0.4 is 0 Å². The number of nitrogens with zero attached hydrogens (tertiary/aromatic N) is 3. The van der Waals surface area contributed by atoms with Crippen LogP contribution in [0.4, 0.5) is 0 Å². The van der Waals surface area contributed by atoms with Crippen LogP contribution in [0.15, 0.2) is 50.6 Å². The van der Waals surface area contributed by atoms with Crippen LogP contribution in [0, 0.1) is 20.8 Å². The predicted octanol–water partition coefficient (Wildman–Crippen LogP) is 4.51. The molecule has 0 spiro atoms. The Balaban J connectivity index is 1.55. The molecular formula is C19H17N3O3S. The molecule has 4 rings (SSSR count). The van der Waals surface area contributed by atoms with Crippen LogP contribution in [-0.4, -0.2) is 26.2 Å². The fraction of sp³-hybridized carbons (Fsp3) is 0.211. The standard InChI is InChI=1S/C19H17N3O3S/c1-11-8-14(13(3)22(11)18-9-12(2)25-21-18)16(23)10-26-19-20-15-6-4-5-7-17(15)24-19/h4-9H,10H2,1-3H3. The van der Waals surface area contributed by atoms with Gasteiger partial charge in [0, 0.05) is 23.0 Å². The summed E-state index contributed by atoms with van der Waals surface area (Å²) in [6, 6.07) is 11.3. The summed E-state index contributed by atoms with van der Waals surface area (Å²) in [6.07, 6.45) is 0. The van der Waals surface area contributed by atoms with Crippen molar-refractivity contribution in [1.82, 2.24) is 14.7 Å². The molecule has 0 bridgehead atoms. The number of thioether (sulfide) groups is 1. The first-order chi connectivity index (χ1) is 12.5. The molecule has 0 aliphatic carbocycles. The number of carbonyl (C=O) groups is 1. The predicted molar refractivity (Wildman–Crippen MR) is 99.1 cm³/mol. The van der Waals surface area contributed by atoms with E-state index in [4.69, 9.17) is 8.94 Å². The highest BCUT2D eigenvalue weighted by Gasteiger charge is 2.19. The zero-order valence-corrected chi connectivity index (χ0v) is 15.5. The Morgan fingerprint density at radius 2 is 2.00 bits per heavy atom. The molecule has 0 radical (unpaired) electrons. The van der Waals surface area contributed by atoms with Crippen molar-refractivity contribution in [3.8, 4) is 5.82 Å². The SMILES string of the molecule is Cc1cc(-n2c(C)cc(C(=O)CSc3nc4ccccc4o3)c2C)no1. The highest BCUT2D eigenvalue weighted by molar-refractivity contribution is 7.99. The van der Waals surface area contributed by atoms with Crippen LogP contribution in [0.1, 0.15) is 27.5 Å². The molecule has 0 saturated carbocycles. The quantitative estimate of drug-likeness (QED) is 0.382. The van der Waals surface area contributed by atoms with Gasteiger partial charge >= 0.3 is 0 Å². The minimum Gasteiger partial charge on any atom is -0.431 e. The largest absolute Gasteiger partial charge is 0.431 e. The van der Waals surface area contributed by atoms with Gasteiger partial charge < -0.3 is 8.94 Å². The van der Waals surface area contributed by atoms with Crippen molar-refractivity contribution in [2.45, 2.75) is 26.0 Å². The van der Waals surface area contributed by atoms with Gasteiger partial charge in [-0.15, -0.1) is 0 Å². The summed E-state index contributed by atoms with van der Waals surface area (Å²) >= 11 is 1.30. The lowest BCUT2D eigenvalue weighted by Crippen LogP contribution is -2.05. The Hall–Kier alpha value is -2.80. The van der Waals surface area contributed by atoms with Gasteiger partial charge in [0.1, 0.15) is 11.3 Å². The van der Waals surface area contributed by atoms with Gasteiger partial charge in [-0.3, -0.25) is 9.36 Å². The molecule has 6 nitrogen and oxygen atoms in total. The molecule has 0 saturated heterocycles. The van der Waals surface area contributed by atoms with Gasteiger partial charge in [-0.2, -0.15) is 0 Å². The van der Waals surface area contributed by atoms with Crippen molar-refractivity contribution < 1.29 is 13.7 Å². The van der Waals surface area contributed by atoms with Gasteiger partial charge in [0.05, 0.1) is 5.75 Å². The summed E-state index contributed by atoms with van der Waals surface area (Å²) < 4.78 is 12.7. The molecule has 0 N–H and O–H groups in total. The van der Waals surface area contributed by atoms with Crippen molar-refractivity contribution >= 4 is 28.6 Å². The molecular weight excluding hydrogens is 350 g/mol. The smallest absolute Gasteiger partial charge is 0.257 e. The maximum absolute atomic E-state index is 12.7. The maximum Gasteiger partial charge on any atom is 0.257 e. The Morgan fingerprint density at radius 3 is 2.73 bits per heavy atom. The first-order valence-corrected chi connectivity index (χ1v) is 9.15. The van der Waals surface area contributed by atoms with E-state index in [-0.39, 0.29) is 11.5 Å². The molecule has 26 heavy (non-hydrogen) atoms. The number of ketones is 1. The third-order valence-electron chi connectivity index (χ3n) is 4.18. The molecule has 0 unspecified atom stereocenters. The third kappa shape index (κ3) is 2.94. The minimum absolute atomic E-state index is 0.0248. The Labute approximate surface area is 154 Å². The van der Waals surface area contributed by atoms with E-state index in [1.165, 1.54) is 11.8 Å². The molecule has 4 aromatic rings. The van der Waals surface area contributed by atoms with Crippen molar-refractivity contribution in [3.05, 3.63) is 59.1 Å². The number of Topliss-reactive ketones (excluding diaryl/α,β-unsaturated/α-hetero) is 1. The zero-order valence-electron chi connectivity index (χ0n) is 14.6. The number of hydrogen-bond donors (Lipinski definition) is 0. The summed E-state index contributed by atoms with van der Waals surface area (Å²) in [7, 11) is 0. The molecule has 0 amide bonds. The van der Waals surface area contributed by atoms with Crippen LogP contribution in [0.2, 0.25) is 0 Å². The summed E-state index contributed by atoms with van der Waals surface area (Å²) in [5.74, 6) is 1.70. The van der Waals surface area contributed by atoms with E-state index in [9.17, 15) is 4.79 Å². The number of aryl methyl sites for hydroxylation is 2. The van der Waals surface area contributed by atoms with Crippen LogP contribution >= 0.6 is 11.8 Å². The lowest BCUT2D eigenvalue weighted by atomic mass is 10.2. The van der Waals surface area contributed by atoms with Gasteiger partial charge in [-0.1, -0.05) is 29.1 Å². The van der Waals surface area contributed by atoms with Gasteiger partial charge in [-0.25, -0.2) is 4.98 Å². The average molecular weight is 367 g/mol. The number of fused-ring (bicyclic) bond motifs is 1. The highest BCUT2D eigenvalue weighted by Crippen LogP contribution is 2.26. The lowest BCUT2D eigenvalue weighted by molar-refractivity contribution is 0.102. The molecule has 3 aromatic heterocycles. The summed E-state index contributed by atoms with van der Waals surface area (Å²) in [4.78, 5) is 17.1. The molecule has 0 atom stereocenters. The zero-order chi connectivity index (χ0) is 18.3. The van der Waals surface area contributed by atoms with Crippen LogP contribution in [0.25, 0.3) is 16.9 Å². The Bertz CT molecular complexity index is 1070. The number of hydrogen-bond acceptors (Lipinski definition) is 6. The number of aromatic nitrogens is 3. The van der Waals surface area contributed by atoms with Crippen molar-refractivity contribution in [1.29, 1.82) is 0 Å². The van der Waals surface area contributed by atoms with Gasteiger partial charge in [0.2, 0.25) is 0 Å². The Morgan fingerprint density at radius 1 is 1.19 bits per heavy atom. The van der Waals surface area contributed by atoms with Crippen LogP contribution in [0.3, 0.4) is 0 Å². The molecule has 3 heterocycles. The van der Waals surface area contributed by atoms with Gasteiger partial charge in [-0.05, 0) is 39.0 Å². The highest BCUT2D eigenvalue weighted by atomic mass is 32.2. The molecule has 132 valence electrons. The first-order valence-electron chi connectivity index (χ1n) is 8.17. The summed E-state index contributed by atoms with van der Waals surface area (Å²) in [6.45, 7) is 5.70. The molecule has 0 fully saturated rings. The van der Waals surface area contributed by atoms with Crippen molar-refractivity contribution in [2.24, 2.45) is 0 Å².